The van der Waals surface area contributed by atoms with Crippen molar-refractivity contribution < 1.29 is 50.5 Å². The Bertz CT molecular complexity index is 3870. The van der Waals surface area contributed by atoms with E-state index in [-0.39, 0.29) is 52.3 Å². The summed E-state index contributed by atoms with van der Waals surface area (Å²) in [7, 11) is -22.0. The highest BCUT2D eigenvalue weighted by atomic mass is 32.2. The molecule has 0 aliphatic carbocycles. The third-order valence-corrected chi connectivity index (χ3v) is 19.9. The fraction of sp³-hybridized carbons (Fsp3) is 0.0357. The minimum absolute atomic E-state index is 0.0840. The predicted molar refractivity (Wildman–Crippen MR) is 303 cm³/mol. The maximum Gasteiger partial charge on any atom is 0.261 e. The monoisotopic (exact) mass is 1160 g/mol. The number of rotatable bonds is 18. The summed E-state index contributed by atoms with van der Waals surface area (Å²) >= 11 is 0. The number of sulfonamides is 4. The molecule has 0 aromatic heterocycles. The van der Waals surface area contributed by atoms with E-state index in [2.05, 4.69) is 18.9 Å². The highest BCUT2D eigenvalue weighted by Gasteiger charge is 2.21. The zero-order chi connectivity index (χ0) is 55.9. The van der Waals surface area contributed by atoms with Crippen LogP contribution in [0.2, 0.25) is 0 Å². The summed E-state index contributed by atoms with van der Waals surface area (Å²) in [6, 6.07) is 67.0. The molecule has 0 aliphatic rings. The molecule has 0 amide bonds. The largest absolute Gasteiger partial charge is 0.280 e. The number of para-hydroxylation sites is 2. The second kappa shape index (κ2) is 25.4. The first-order chi connectivity index (χ1) is 37.1. The molecule has 0 unspecified atom stereocenters. The first-order valence-corrected chi connectivity index (χ1v) is 32.5. The SMILES string of the molecule is O=S(=O)(Cc1cccc(CS(=O)(=O)c2ccccc2)c1)c1ccccc1.O=S(=O)(Nc1ccc(NS(=O)(=O)c2ccccc2)cc1)c1ccccc1.O=S(=O)(Nc1ccccc1NS(=O)(=O)c1ccccc1)c1ccccc1. The Hall–Kier alpha value is -8.12. The molecule has 0 spiro atoms. The molecule has 0 fully saturated rings. The summed E-state index contributed by atoms with van der Waals surface area (Å²) in [4.78, 5) is 0.966. The number of hydrogen-bond acceptors (Lipinski definition) is 12. The smallest absolute Gasteiger partial charge is 0.261 e. The normalized spacial score (nSPS) is 11.8. The summed E-state index contributed by atoms with van der Waals surface area (Å²) in [5.41, 5.74) is 2.06. The Balaban J connectivity index is 0.000000170. The van der Waals surface area contributed by atoms with Crippen LogP contribution in [0.15, 0.2) is 284 Å². The van der Waals surface area contributed by atoms with Gasteiger partial charge in [-0.1, -0.05) is 146 Å². The fourth-order valence-corrected chi connectivity index (χ4v) is 14.2. The van der Waals surface area contributed by atoms with E-state index in [0.29, 0.717) is 22.5 Å². The lowest BCUT2D eigenvalue weighted by Crippen LogP contribution is -2.17. The van der Waals surface area contributed by atoms with Gasteiger partial charge in [0, 0.05) is 11.4 Å². The van der Waals surface area contributed by atoms with Crippen LogP contribution in [-0.4, -0.2) is 50.5 Å². The van der Waals surface area contributed by atoms with Crippen LogP contribution in [0.4, 0.5) is 22.7 Å². The zero-order valence-corrected chi connectivity index (χ0v) is 45.9. The summed E-state index contributed by atoms with van der Waals surface area (Å²) < 4.78 is 159. The highest BCUT2D eigenvalue weighted by molar-refractivity contribution is 7.94. The number of sulfone groups is 2. The third-order valence-electron chi connectivity index (χ3n) is 10.9. The Kier molecular flexibility index (Phi) is 18.7. The average molecular weight is 1160 g/mol. The van der Waals surface area contributed by atoms with Gasteiger partial charge < -0.3 is 0 Å². The number of nitrogens with one attached hydrogen (secondary N) is 4. The van der Waals surface area contributed by atoms with Crippen LogP contribution < -0.4 is 18.9 Å². The van der Waals surface area contributed by atoms with Crippen LogP contribution in [0, 0.1) is 0 Å². The molecule has 402 valence electrons. The second-order valence-corrected chi connectivity index (χ2v) is 27.5. The van der Waals surface area contributed by atoms with Crippen LogP contribution in [0.3, 0.4) is 0 Å². The minimum Gasteiger partial charge on any atom is -0.280 e. The van der Waals surface area contributed by atoms with Crippen LogP contribution >= 0.6 is 0 Å². The van der Waals surface area contributed by atoms with E-state index in [1.807, 2.05) is 0 Å². The molecule has 0 radical (unpaired) electrons. The van der Waals surface area contributed by atoms with E-state index < -0.39 is 59.8 Å². The first-order valence-electron chi connectivity index (χ1n) is 23.3. The standard InChI is InChI=1S/C20H18O4S2.2C18H16N2O4S2/c21-25(22,19-10-3-1-4-11-19)15-17-8-7-9-18(14-17)16-26(23,24)20-12-5-2-6-13-20;21-25(22,15-9-3-1-4-10-15)19-17-13-7-8-14-18(17)20-26(23,24)16-11-5-2-6-12-16;21-25(22,17-7-3-1-4-8-17)19-15-11-13-16(14-12-15)20-26(23,24)18-9-5-2-6-10-18/h1-14H,15-16H2;2*1-14,19-20H. The number of benzene rings is 9. The Labute approximate surface area is 455 Å². The molecule has 16 nitrogen and oxygen atoms in total. The quantitative estimate of drug-likeness (QED) is 0.0626. The lowest BCUT2D eigenvalue weighted by Gasteiger charge is -2.14. The highest BCUT2D eigenvalue weighted by Crippen LogP contribution is 2.28. The van der Waals surface area contributed by atoms with Crippen LogP contribution in [0.25, 0.3) is 0 Å². The van der Waals surface area contributed by atoms with E-state index >= 15 is 0 Å². The second-order valence-electron chi connectivity index (χ2n) is 16.8. The molecule has 22 heteroatoms. The molecule has 78 heavy (non-hydrogen) atoms. The third kappa shape index (κ3) is 16.2. The number of hydrogen-bond donors (Lipinski definition) is 4. The van der Waals surface area contributed by atoms with Crippen molar-refractivity contribution in [3.63, 3.8) is 0 Å². The van der Waals surface area contributed by atoms with Gasteiger partial charge in [0.15, 0.2) is 19.7 Å². The Morgan fingerprint density at radius 2 is 0.462 bits per heavy atom. The van der Waals surface area contributed by atoms with Gasteiger partial charge >= 0.3 is 0 Å². The molecule has 0 atom stereocenters. The van der Waals surface area contributed by atoms with Gasteiger partial charge in [0.05, 0.1) is 52.3 Å². The van der Waals surface area contributed by atoms with E-state index in [0.717, 1.165) is 0 Å². The van der Waals surface area contributed by atoms with Crippen LogP contribution in [0.1, 0.15) is 11.1 Å². The molecule has 0 heterocycles. The van der Waals surface area contributed by atoms with Gasteiger partial charge in [-0.25, -0.2) is 50.5 Å². The maximum atomic E-state index is 12.5. The van der Waals surface area contributed by atoms with E-state index in [9.17, 15) is 50.5 Å². The molecule has 4 N–H and O–H groups in total. The maximum absolute atomic E-state index is 12.5. The molecule has 9 aromatic rings. The molecule has 0 saturated heterocycles. The van der Waals surface area contributed by atoms with Gasteiger partial charge in [0.1, 0.15) is 0 Å². The van der Waals surface area contributed by atoms with Crippen molar-refractivity contribution in [2.45, 2.75) is 40.9 Å². The summed E-state index contributed by atoms with van der Waals surface area (Å²) in [6.07, 6.45) is 0. The molecule has 9 aromatic carbocycles. The summed E-state index contributed by atoms with van der Waals surface area (Å²) in [6.45, 7) is 0. The van der Waals surface area contributed by atoms with Gasteiger partial charge in [0.25, 0.3) is 40.1 Å². The van der Waals surface area contributed by atoms with Gasteiger partial charge in [-0.05, 0) is 120 Å². The van der Waals surface area contributed by atoms with E-state index in [4.69, 9.17) is 0 Å². The molecule has 0 bridgehead atoms. The zero-order valence-electron chi connectivity index (χ0n) is 41.0. The van der Waals surface area contributed by atoms with Gasteiger partial charge in [-0.15, -0.1) is 0 Å². The van der Waals surface area contributed by atoms with E-state index in [1.165, 1.54) is 84.9 Å². The van der Waals surface area contributed by atoms with Crippen molar-refractivity contribution in [3.05, 3.63) is 266 Å². The van der Waals surface area contributed by atoms with Crippen molar-refractivity contribution in [3.8, 4) is 0 Å². The molecular weight excluding hydrogens is 1110 g/mol. The van der Waals surface area contributed by atoms with Gasteiger partial charge in [-0.3, -0.25) is 18.9 Å². The molecule has 0 saturated carbocycles. The average Bonchev–Trinajstić information content (AvgIpc) is 3.44. The lowest BCUT2D eigenvalue weighted by molar-refractivity contribution is 0.594. The van der Waals surface area contributed by atoms with Crippen LogP contribution in [-0.2, 0) is 71.3 Å². The first kappa shape index (κ1) is 57.6. The summed E-state index contributed by atoms with van der Waals surface area (Å²) in [5.74, 6) is -0.341. The Morgan fingerprint density at radius 3 is 0.731 bits per heavy atom. The van der Waals surface area contributed by atoms with Crippen molar-refractivity contribution in [1.82, 2.24) is 0 Å². The predicted octanol–water partition coefficient (Wildman–Crippen LogP) is 10.2. The lowest BCUT2D eigenvalue weighted by atomic mass is 10.2. The molecule has 9 rings (SSSR count). The van der Waals surface area contributed by atoms with Crippen molar-refractivity contribution >= 4 is 82.5 Å². The fourth-order valence-electron chi connectivity index (χ4n) is 7.17. The molecular formula is C56H50N4O12S6. The van der Waals surface area contributed by atoms with Gasteiger partial charge in [-0.2, -0.15) is 0 Å². The van der Waals surface area contributed by atoms with Crippen LogP contribution in [0.5, 0.6) is 0 Å². The van der Waals surface area contributed by atoms with Crippen molar-refractivity contribution in [1.29, 1.82) is 0 Å². The summed E-state index contributed by atoms with van der Waals surface area (Å²) in [5, 5.41) is 0. The van der Waals surface area contributed by atoms with Gasteiger partial charge in [0.2, 0.25) is 0 Å². The Morgan fingerprint density at radius 1 is 0.231 bits per heavy atom. The topological polar surface area (TPSA) is 253 Å². The number of anilines is 4. The molecule has 0 aliphatic heterocycles. The van der Waals surface area contributed by atoms with E-state index in [1.54, 1.807) is 170 Å². The van der Waals surface area contributed by atoms with Crippen molar-refractivity contribution in [2.75, 3.05) is 18.9 Å². The minimum atomic E-state index is -3.84. The van der Waals surface area contributed by atoms with Crippen molar-refractivity contribution in [2.24, 2.45) is 0 Å².